The van der Waals surface area contributed by atoms with Gasteiger partial charge in [-0.05, 0) is 31.3 Å². The molecule has 0 atom stereocenters. The zero-order chi connectivity index (χ0) is 9.45. The van der Waals surface area contributed by atoms with Crippen LogP contribution in [-0.2, 0) is 32.7 Å². The Kier molecular flexibility index (Phi) is 12.1. The van der Waals surface area contributed by atoms with Gasteiger partial charge in [-0.2, -0.15) is 0 Å². The van der Waals surface area contributed by atoms with Crippen molar-refractivity contribution in [1.29, 1.82) is 0 Å². The summed E-state index contributed by atoms with van der Waals surface area (Å²) in [7, 11) is 0. The minimum Gasteiger partial charge on any atom is -0.676 e. The summed E-state index contributed by atoms with van der Waals surface area (Å²) in [5.41, 5.74) is 7.44. The van der Waals surface area contributed by atoms with E-state index in [0.717, 1.165) is 13.1 Å². The molecule has 0 unspecified atom stereocenters. The maximum Gasteiger partial charge on any atom is 0 e. The van der Waals surface area contributed by atoms with Crippen molar-refractivity contribution in [3.8, 4) is 0 Å². The summed E-state index contributed by atoms with van der Waals surface area (Å²) in [6.07, 6.45) is 3.78. The van der Waals surface area contributed by atoms with Crippen molar-refractivity contribution in [2.45, 2.75) is 40.0 Å². The van der Waals surface area contributed by atoms with Crippen LogP contribution in [0.15, 0.2) is 0 Å². The average Bonchev–Trinajstić information content (AvgIpc) is 2.04. The molecule has 0 aromatic carbocycles. The van der Waals surface area contributed by atoms with E-state index in [0.29, 0.717) is 12.0 Å². The normalized spacial score (nSPS) is 11.1. The van der Waals surface area contributed by atoms with Crippen molar-refractivity contribution < 1.29 is 32.7 Å². The molecule has 0 saturated heterocycles. The van der Waals surface area contributed by atoms with Gasteiger partial charge in [-0.1, -0.05) is 27.2 Å². The van der Waals surface area contributed by atoms with Crippen molar-refractivity contribution in [3.05, 3.63) is 5.73 Å². The molecular weight excluding hydrogens is 237 g/mol. The molecule has 2 N–H and O–H groups in total. The molecular formula is C10H23N2Y-. The van der Waals surface area contributed by atoms with Gasteiger partial charge < -0.3 is 11.1 Å². The SMILES string of the molecule is CCC(C)(C)CCCNCC[NH-].[Y]. The second-order valence-corrected chi connectivity index (χ2v) is 4.12. The molecule has 13 heavy (non-hydrogen) atoms. The van der Waals surface area contributed by atoms with Gasteiger partial charge in [-0.3, -0.25) is 0 Å². The van der Waals surface area contributed by atoms with E-state index in [1.807, 2.05) is 0 Å². The van der Waals surface area contributed by atoms with Gasteiger partial charge in [0.2, 0.25) is 0 Å². The van der Waals surface area contributed by atoms with Crippen LogP contribution in [-0.4, -0.2) is 19.6 Å². The van der Waals surface area contributed by atoms with Crippen LogP contribution in [0.4, 0.5) is 0 Å². The van der Waals surface area contributed by atoms with E-state index in [4.69, 9.17) is 5.73 Å². The van der Waals surface area contributed by atoms with Crippen molar-refractivity contribution in [2.24, 2.45) is 5.41 Å². The van der Waals surface area contributed by atoms with Crippen LogP contribution in [0, 0.1) is 5.41 Å². The number of rotatable bonds is 7. The predicted octanol–water partition coefficient (Wildman–Crippen LogP) is 2.84. The van der Waals surface area contributed by atoms with E-state index in [1.54, 1.807) is 0 Å². The monoisotopic (exact) mass is 260 g/mol. The van der Waals surface area contributed by atoms with Gasteiger partial charge in [0, 0.05) is 32.7 Å². The Balaban J connectivity index is 0. The molecule has 0 aromatic rings. The Bertz CT molecular complexity index is 105. The molecule has 77 valence electrons. The van der Waals surface area contributed by atoms with Crippen LogP contribution in [0.25, 0.3) is 5.73 Å². The molecule has 0 bridgehead atoms. The van der Waals surface area contributed by atoms with Gasteiger partial charge >= 0.3 is 0 Å². The predicted molar refractivity (Wildman–Crippen MR) is 55.4 cm³/mol. The van der Waals surface area contributed by atoms with Gasteiger partial charge in [0.1, 0.15) is 0 Å². The van der Waals surface area contributed by atoms with Crippen molar-refractivity contribution in [1.82, 2.24) is 5.32 Å². The van der Waals surface area contributed by atoms with Crippen LogP contribution < -0.4 is 5.32 Å². The largest absolute Gasteiger partial charge is 0.676 e. The van der Waals surface area contributed by atoms with E-state index >= 15 is 0 Å². The van der Waals surface area contributed by atoms with E-state index in [1.165, 1.54) is 19.3 Å². The van der Waals surface area contributed by atoms with Gasteiger partial charge in [-0.15, -0.1) is 6.54 Å². The first-order chi connectivity index (χ1) is 5.62. The molecule has 1 radical (unpaired) electrons. The molecule has 0 aliphatic carbocycles. The van der Waals surface area contributed by atoms with Crippen LogP contribution >= 0.6 is 0 Å². The average molecular weight is 260 g/mol. The Morgan fingerprint density at radius 3 is 2.31 bits per heavy atom. The number of hydrogen-bond donors (Lipinski definition) is 1. The Hall–Kier alpha value is 1.02. The molecule has 3 heteroatoms. The number of hydrogen-bond acceptors (Lipinski definition) is 1. The Morgan fingerprint density at radius 2 is 1.85 bits per heavy atom. The van der Waals surface area contributed by atoms with Crippen molar-refractivity contribution in [2.75, 3.05) is 19.6 Å². The van der Waals surface area contributed by atoms with E-state index in [2.05, 4.69) is 26.1 Å². The maximum absolute atomic E-state index is 6.93. The molecule has 0 saturated carbocycles. The van der Waals surface area contributed by atoms with Gasteiger partial charge in [-0.25, -0.2) is 0 Å². The molecule has 0 aliphatic rings. The Labute approximate surface area is 108 Å². The van der Waals surface area contributed by atoms with Crippen LogP contribution in [0.5, 0.6) is 0 Å². The topological polar surface area (TPSA) is 35.8 Å². The summed E-state index contributed by atoms with van der Waals surface area (Å²) in [5, 5.41) is 3.24. The minimum absolute atomic E-state index is 0. The smallest absolute Gasteiger partial charge is 0 e. The third-order valence-electron chi connectivity index (χ3n) is 2.47. The van der Waals surface area contributed by atoms with E-state index in [-0.39, 0.29) is 32.7 Å². The van der Waals surface area contributed by atoms with Crippen molar-refractivity contribution in [3.63, 3.8) is 0 Å². The summed E-state index contributed by atoms with van der Waals surface area (Å²) in [6.45, 7) is 9.29. The van der Waals surface area contributed by atoms with Gasteiger partial charge in [0.25, 0.3) is 0 Å². The maximum atomic E-state index is 6.93. The zero-order valence-corrected chi connectivity index (χ0v) is 12.2. The fraction of sp³-hybridized carbons (Fsp3) is 1.00. The third-order valence-corrected chi connectivity index (χ3v) is 2.47. The molecule has 0 aliphatic heterocycles. The molecule has 2 nitrogen and oxygen atoms in total. The van der Waals surface area contributed by atoms with E-state index < -0.39 is 0 Å². The summed E-state index contributed by atoms with van der Waals surface area (Å²) in [4.78, 5) is 0. The first kappa shape index (κ1) is 16.5. The molecule has 0 spiro atoms. The Morgan fingerprint density at radius 1 is 1.23 bits per heavy atom. The number of nitrogens with one attached hydrogen (secondary N) is 2. The van der Waals surface area contributed by atoms with Crippen LogP contribution in [0.2, 0.25) is 0 Å². The first-order valence-corrected chi connectivity index (χ1v) is 4.97. The first-order valence-electron chi connectivity index (χ1n) is 4.97. The molecule has 0 aromatic heterocycles. The van der Waals surface area contributed by atoms with Gasteiger partial charge in [0.05, 0.1) is 0 Å². The molecule has 0 heterocycles. The summed E-state index contributed by atoms with van der Waals surface area (Å²) in [5.74, 6) is 0. The second-order valence-electron chi connectivity index (χ2n) is 4.12. The van der Waals surface area contributed by atoms with Crippen molar-refractivity contribution >= 4 is 0 Å². The van der Waals surface area contributed by atoms with Crippen LogP contribution in [0.3, 0.4) is 0 Å². The molecule has 0 rings (SSSR count). The summed E-state index contributed by atoms with van der Waals surface area (Å²) >= 11 is 0. The zero-order valence-electron chi connectivity index (χ0n) is 9.32. The standard InChI is InChI=1S/C10H23N2.Y/c1-4-10(2,3)6-5-8-12-9-7-11;/h11-12H,4-9H2,1-3H3;/q-1;. The molecule has 0 amide bonds. The summed E-state index contributed by atoms with van der Waals surface area (Å²) < 4.78 is 0. The van der Waals surface area contributed by atoms with Crippen LogP contribution in [0.1, 0.15) is 40.0 Å². The minimum atomic E-state index is 0. The van der Waals surface area contributed by atoms with E-state index in [9.17, 15) is 0 Å². The van der Waals surface area contributed by atoms with Gasteiger partial charge in [0.15, 0.2) is 0 Å². The molecule has 0 fully saturated rings. The third kappa shape index (κ3) is 10.9. The quantitative estimate of drug-likeness (QED) is 0.702. The fourth-order valence-corrected chi connectivity index (χ4v) is 1.08. The second kappa shape index (κ2) is 9.57. The fourth-order valence-electron chi connectivity index (χ4n) is 1.08. The summed E-state index contributed by atoms with van der Waals surface area (Å²) in [6, 6.07) is 0.